The molecule has 82 valence electrons. The third-order valence-corrected chi connectivity index (χ3v) is 2.50. The number of rotatable bonds is 3. The predicted molar refractivity (Wildman–Crippen MR) is 62.6 cm³/mol. The number of benzene rings is 1. The Balaban J connectivity index is 2.13. The van der Waals surface area contributed by atoms with Crippen LogP contribution in [0.3, 0.4) is 0 Å². The highest BCUT2D eigenvalue weighted by atomic mass is 14.9. The van der Waals surface area contributed by atoms with Gasteiger partial charge in [0, 0.05) is 6.54 Å². The van der Waals surface area contributed by atoms with E-state index >= 15 is 0 Å². The summed E-state index contributed by atoms with van der Waals surface area (Å²) in [6, 6.07) is 8.25. The van der Waals surface area contributed by atoms with Crippen LogP contribution in [0.4, 0.5) is 0 Å². The number of H-pyrrole nitrogens is 1. The molecule has 0 atom stereocenters. The van der Waals surface area contributed by atoms with Gasteiger partial charge in [0.15, 0.2) is 0 Å². The van der Waals surface area contributed by atoms with Crippen LogP contribution in [-0.2, 0) is 6.54 Å². The summed E-state index contributed by atoms with van der Waals surface area (Å²) < 4.78 is 0. The van der Waals surface area contributed by atoms with Gasteiger partial charge in [-0.05, 0) is 31.5 Å². The first-order chi connectivity index (χ1) is 7.61. The number of aromatic amines is 1. The van der Waals surface area contributed by atoms with Crippen molar-refractivity contribution in [3.63, 3.8) is 0 Å². The second-order valence-electron chi connectivity index (χ2n) is 4.34. The van der Waals surface area contributed by atoms with Crippen molar-refractivity contribution in [3.8, 4) is 6.07 Å². The third kappa shape index (κ3) is 2.20. The summed E-state index contributed by atoms with van der Waals surface area (Å²) in [7, 11) is 0. The van der Waals surface area contributed by atoms with Crippen molar-refractivity contribution in [2.24, 2.45) is 0 Å². The highest BCUT2D eigenvalue weighted by Gasteiger charge is 2.14. The van der Waals surface area contributed by atoms with E-state index in [0.29, 0.717) is 6.54 Å². The van der Waals surface area contributed by atoms with E-state index in [1.54, 1.807) is 6.33 Å². The Morgan fingerprint density at radius 3 is 3.06 bits per heavy atom. The fourth-order valence-electron chi connectivity index (χ4n) is 1.46. The molecule has 1 aromatic carbocycles. The van der Waals surface area contributed by atoms with Crippen molar-refractivity contribution >= 4 is 11.0 Å². The van der Waals surface area contributed by atoms with Gasteiger partial charge < -0.3 is 4.98 Å². The molecule has 0 fully saturated rings. The monoisotopic (exact) mass is 214 g/mol. The van der Waals surface area contributed by atoms with Crippen molar-refractivity contribution < 1.29 is 0 Å². The van der Waals surface area contributed by atoms with Gasteiger partial charge in [0.1, 0.15) is 5.54 Å². The van der Waals surface area contributed by atoms with Crippen LogP contribution < -0.4 is 5.32 Å². The average molecular weight is 214 g/mol. The molecule has 0 amide bonds. The maximum absolute atomic E-state index is 8.88. The molecular weight excluding hydrogens is 200 g/mol. The second-order valence-corrected chi connectivity index (χ2v) is 4.34. The summed E-state index contributed by atoms with van der Waals surface area (Å²) in [6.45, 7) is 4.40. The number of nitrogens with zero attached hydrogens (tertiary/aromatic N) is 2. The zero-order chi connectivity index (χ0) is 11.6. The fraction of sp³-hybridized carbons (Fsp3) is 0.333. The Bertz CT molecular complexity index is 533. The first-order valence-corrected chi connectivity index (χ1v) is 5.19. The Hall–Kier alpha value is -1.86. The van der Waals surface area contributed by atoms with Crippen LogP contribution in [0.2, 0.25) is 0 Å². The molecule has 2 aromatic rings. The molecule has 0 saturated carbocycles. The Kier molecular flexibility index (Phi) is 2.63. The average Bonchev–Trinajstić information content (AvgIpc) is 2.73. The van der Waals surface area contributed by atoms with Crippen LogP contribution in [0.25, 0.3) is 11.0 Å². The molecule has 1 heterocycles. The van der Waals surface area contributed by atoms with E-state index < -0.39 is 5.54 Å². The largest absolute Gasteiger partial charge is 0.345 e. The normalized spacial score (nSPS) is 11.6. The number of nitriles is 1. The molecule has 1 aromatic heterocycles. The maximum Gasteiger partial charge on any atom is 0.101 e. The van der Waals surface area contributed by atoms with E-state index in [1.807, 2.05) is 32.0 Å². The van der Waals surface area contributed by atoms with E-state index in [1.165, 1.54) is 0 Å². The smallest absolute Gasteiger partial charge is 0.101 e. The van der Waals surface area contributed by atoms with Gasteiger partial charge in [0.05, 0.1) is 23.4 Å². The van der Waals surface area contributed by atoms with E-state index in [-0.39, 0.29) is 0 Å². The van der Waals surface area contributed by atoms with Gasteiger partial charge >= 0.3 is 0 Å². The Morgan fingerprint density at radius 1 is 1.50 bits per heavy atom. The summed E-state index contributed by atoms with van der Waals surface area (Å²) >= 11 is 0. The summed E-state index contributed by atoms with van der Waals surface area (Å²) in [4.78, 5) is 7.22. The van der Waals surface area contributed by atoms with Crippen LogP contribution in [0.1, 0.15) is 19.4 Å². The zero-order valence-electron chi connectivity index (χ0n) is 9.41. The molecule has 0 aliphatic carbocycles. The molecule has 4 nitrogen and oxygen atoms in total. The van der Waals surface area contributed by atoms with E-state index in [2.05, 4.69) is 21.4 Å². The lowest BCUT2D eigenvalue weighted by molar-refractivity contribution is 0.485. The molecule has 0 radical (unpaired) electrons. The third-order valence-electron chi connectivity index (χ3n) is 2.50. The van der Waals surface area contributed by atoms with E-state index in [4.69, 9.17) is 5.26 Å². The molecule has 2 N–H and O–H groups in total. The van der Waals surface area contributed by atoms with Crippen molar-refractivity contribution in [2.45, 2.75) is 25.9 Å². The SMILES string of the molecule is CC(C)(C#N)NCc1ccc2nc[nH]c2c1. The van der Waals surface area contributed by atoms with Crippen LogP contribution >= 0.6 is 0 Å². The highest BCUT2D eigenvalue weighted by molar-refractivity contribution is 5.74. The zero-order valence-corrected chi connectivity index (χ0v) is 9.41. The van der Waals surface area contributed by atoms with Gasteiger partial charge in [-0.25, -0.2) is 4.98 Å². The number of aromatic nitrogens is 2. The minimum atomic E-state index is -0.497. The number of imidazole rings is 1. The molecule has 0 spiro atoms. The van der Waals surface area contributed by atoms with Gasteiger partial charge in [-0.3, -0.25) is 5.32 Å². The fourth-order valence-corrected chi connectivity index (χ4v) is 1.46. The molecule has 0 aliphatic rings. The molecular formula is C12H14N4. The van der Waals surface area contributed by atoms with Crippen LogP contribution in [0, 0.1) is 11.3 Å². The molecule has 0 unspecified atom stereocenters. The summed E-state index contributed by atoms with van der Waals surface area (Å²) in [5.74, 6) is 0. The lowest BCUT2D eigenvalue weighted by Gasteiger charge is -2.17. The highest BCUT2D eigenvalue weighted by Crippen LogP contribution is 2.12. The van der Waals surface area contributed by atoms with Gasteiger partial charge in [-0.1, -0.05) is 6.07 Å². The Morgan fingerprint density at radius 2 is 2.31 bits per heavy atom. The molecule has 0 saturated heterocycles. The van der Waals surface area contributed by atoms with Crippen LogP contribution in [0.15, 0.2) is 24.5 Å². The minimum Gasteiger partial charge on any atom is -0.345 e. The minimum absolute atomic E-state index is 0.497. The lowest BCUT2D eigenvalue weighted by Crippen LogP contribution is -2.36. The summed E-state index contributed by atoms with van der Waals surface area (Å²) in [5, 5.41) is 12.1. The summed E-state index contributed by atoms with van der Waals surface area (Å²) in [6.07, 6.45) is 1.68. The molecule has 2 rings (SSSR count). The van der Waals surface area contributed by atoms with Crippen molar-refractivity contribution in [1.29, 1.82) is 5.26 Å². The van der Waals surface area contributed by atoms with E-state index in [0.717, 1.165) is 16.6 Å². The summed E-state index contributed by atoms with van der Waals surface area (Å²) in [5.41, 5.74) is 2.63. The number of hydrogen-bond acceptors (Lipinski definition) is 3. The van der Waals surface area contributed by atoms with Crippen molar-refractivity contribution in [2.75, 3.05) is 0 Å². The van der Waals surface area contributed by atoms with Gasteiger partial charge in [-0.2, -0.15) is 5.26 Å². The topological polar surface area (TPSA) is 64.5 Å². The van der Waals surface area contributed by atoms with Gasteiger partial charge in [0.25, 0.3) is 0 Å². The standard InChI is InChI=1S/C12H14N4/c1-12(2,7-13)16-6-9-3-4-10-11(5-9)15-8-14-10/h3-5,8,16H,6H2,1-2H3,(H,14,15). The quantitative estimate of drug-likeness (QED) is 0.820. The number of nitrogens with one attached hydrogen (secondary N) is 2. The van der Waals surface area contributed by atoms with Crippen molar-refractivity contribution in [3.05, 3.63) is 30.1 Å². The van der Waals surface area contributed by atoms with E-state index in [9.17, 15) is 0 Å². The molecule has 0 aliphatic heterocycles. The molecule has 0 bridgehead atoms. The van der Waals surface area contributed by atoms with Crippen LogP contribution in [0.5, 0.6) is 0 Å². The number of hydrogen-bond donors (Lipinski definition) is 2. The Labute approximate surface area is 94.3 Å². The molecule has 16 heavy (non-hydrogen) atoms. The van der Waals surface area contributed by atoms with Crippen molar-refractivity contribution in [1.82, 2.24) is 15.3 Å². The first kappa shape index (κ1) is 10.7. The second kappa shape index (κ2) is 3.95. The predicted octanol–water partition coefficient (Wildman–Crippen LogP) is 1.95. The first-order valence-electron chi connectivity index (χ1n) is 5.19. The van der Waals surface area contributed by atoms with Gasteiger partial charge in [0.2, 0.25) is 0 Å². The van der Waals surface area contributed by atoms with Crippen LogP contribution in [-0.4, -0.2) is 15.5 Å². The molecule has 4 heteroatoms. The van der Waals surface area contributed by atoms with Gasteiger partial charge in [-0.15, -0.1) is 0 Å². The maximum atomic E-state index is 8.88. The lowest BCUT2D eigenvalue weighted by atomic mass is 10.1. The number of fused-ring (bicyclic) bond motifs is 1.